The van der Waals surface area contributed by atoms with Gasteiger partial charge in [-0.05, 0) is 61.8 Å². The number of hydrogen-bond acceptors (Lipinski definition) is 1. The van der Waals surface area contributed by atoms with E-state index in [1.807, 2.05) is 0 Å². The molecule has 0 amide bonds. The van der Waals surface area contributed by atoms with Gasteiger partial charge in [-0.3, -0.25) is 0 Å². The van der Waals surface area contributed by atoms with Gasteiger partial charge in [-0.1, -0.05) is 35.8 Å². The minimum absolute atomic E-state index is 0.631. The predicted molar refractivity (Wildman–Crippen MR) is 82.0 cm³/mol. The van der Waals surface area contributed by atoms with E-state index < -0.39 is 0 Å². The number of benzene rings is 1. The highest BCUT2D eigenvalue weighted by molar-refractivity contribution is 9.10. The minimum atomic E-state index is 0.631. The number of halogens is 1. The largest absolute Gasteiger partial charge is 0.311 e. The molecular formula is C16H24BrN. The lowest BCUT2D eigenvalue weighted by molar-refractivity contribution is 0.366. The van der Waals surface area contributed by atoms with Crippen molar-refractivity contribution >= 4 is 15.9 Å². The molecule has 2 rings (SSSR count). The summed E-state index contributed by atoms with van der Waals surface area (Å²) in [5.74, 6) is 0.777. The van der Waals surface area contributed by atoms with Crippen LogP contribution in [0.4, 0.5) is 0 Å². The van der Waals surface area contributed by atoms with Crippen molar-refractivity contribution in [3.8, 4) is 0 Å². The summed E-state index contributed by atoms with van der Waals surface area (Å²) < 4.78 is 1.21. The van der Waals surface area contributed by atoms with Gasteiger partial charge in [0.25, 0.3) is 0 Å². The summed E-state index contributed by atoms with van der Waals surface area (Å²) in [5, 5.41) is 3.79. The lowest BCUT2D eigenvalue weighted by Crippen LogP contribution is -2.40. The fourth-order valence-corrected chi connectivity index (χ4v) is 3.45. The molecule has 0 saturated heterocycles. The Kier molecular flexibility index (Phi) is 4.85. The summed E-state index contributed by atoms with van der Waals surface area (Å²) in [6, 6.07) is 8.02. The molecule has 1 aliphatic carbocycles. The van der Waals surface area contributed by atoms with Gasteiger partial charge in [-0.25, -0.2) is 0 Å². The van der Waals surface area contributed by atoms with Gasteiger partial charge in [0, 0.05) is 16.6 Å². The molecule has 0 spiro atoms. The van der Waals surface area contributed by atoms with E-state index in [0.717, 1.165) is 5.92 Å². The zero-order valence-corrected chi connectivity index (χ0v) is 13.3. The first-order chi connectivity index (χ1) is 8.54. The van der Waals surface area contributed by atoms with Gasteiger partial charge in [0.05, 0.1) is 0 Å². The SMILES string of the molecule is CC(C)CC(C)NC1CCc2cc(Br)ccc2C1. The van der Waals surface area contributed by atoms with E-state index >= 15 is 0 Å². The average molecular weight is 310 g/mol. The van der Waals surface area contributed by atoms with Crippen molar-refractivity contribution in [2.75, 3.05) is 0 Å². The van der Waals surface area contributed by atoms with Gasteiger partial charge in [-0.2, -0.15) is 0 Å². The van der Waals surface area contributed by atoms with Crippen LogP contribution in [-0.2, 0) is 12.8 Å². The van der Waals surface area contributed by atoms with Crippen molar-refractivity contribution in [3.05, 3.63) is 33.8 Å². The third-order valence-corrected chi connectivity index (χ3v) is 4.24. The molecule has 1 aliphatic rings. The van der Waals surface area contributed by atoms with Gasteiger partial charge in [0.2, 0.25) is 0 Å². The van der Waals surface area contributed by atoms with Crippen molar-refractivity contribution in [2.24, 2.45) is 5.92 Å². The zero-order valence-electron chi connectivity index (χ0n) is 11.7. The van der Waals surface area contributed by atoms with Crippen molar-refractivity contribution in [3.63, 3.8) is 0 Å². The topological polar surface area (TPSA) is 12.0 Å². The van der Waals surface area contributed by atoms with Crippen LogP contribution in [0.2, 0.25) is 0 Å². The minimum Gasteiger partial charge on any atom is -0.311 e. The summed E-state index contributed by atoms with van der Waals surface area (Å²) in [4.78, 5) is 0. The Morgan fingerprint density at radius 3 is 2.78 bits per heavy atom. The molecule has 100 valence electrons. The maximum Gasteiger partial charge on any atom is 0.0178 e. The summed E-state index contributed by atoms with van der Waals surface area (Å²) in [7, 11) is 0. The Morgan fingerprint density at radius 2 is 2.06 bits per heavy atom. The maximum atomic E-state index is 3.79. The Bertz CT molecular complexity index is 400. The van der Waals surface area contributed by atoms with E-state index in [1.54, 1.807) is 0 Å². The molecule has 0 fully saturated rings. The first-order valence-electron chi connectivity index (χ1n) is 7.08. The van der Waals surface area contributed by atoms with Crippen LogP contribution in [0.25, 0.3) is 0 Å². The second kappa shape index (κ2) is 6.21. The molecule has 1 nitrogen and oxygen atoms in total. The molecule has 18 heavy (non-hydrogen) atoms. The Hall–Kier alpha value is -0.340. The molecule has 2 heteroatoms. The van der Waals surface area contributed by atoms with E-state index in [9.17, 15) is 0 Å². The van der Waals surface area contributed by atoms with Crippen LogP contribution in [0.15, 0.2) is 22.7 Å². The number of aryl methyl sites for hydroxylation is 1. The van der Waals surface area contributed by atoms with E-state index in [0.29, 0.717) is 12.1 Å². The molecular weight excluding hydrogens is 286 g/mol. The van der Waals surface area contributed by atoms with Gasteiger partial charge < -0.3 is 5.32 Å². The molecule has 1 N–H and O–H groups in total. The van der Waals surface area contributed by atoms with Gasteiger partial charge in [-0.15, -0.1) is 0 Å². The number of hydrogen-bond donors (Lipinski definition) is 1. The second-order valence-electron chi connectivity index (χ2n) is 6.05. The smallest absolute Gasteiger partial charge is 0.0178 e. The monoisotopic (exact) mass is 309 g/mol. The molecule has 0 aromatic heterocycles. The highest BCUT2D eigenvalue weighted by Gasteiger charge is 2.20. The number of nitrogens with one attached hydrogen (secondary N) is 1. The molecule has 2 atom stereocenters. The number of rotatable bonds is 4. The first kappa shape index (κ1) is 14.1. The Labute approximate surface area is 119 Å². The molecule has 0 radical (unpaired) electrons. The third-order valence-electron chi connectivity index (χ3n) is 3.74. The fourth-order valence-electron chi connectivity index (χ4n) is 3.04. The highest BCUT2D eigenvalue weighted by Crippen LogP contribution is 2.25. The first-order valence-corrected chi connectivity index (χ1v) is 7.87. The average Bonchev–Trinajstić information content (AvgIpc) is 2.28. The highest BCUT2D eigenvalue weighted by atomic mass is 79.9. The van der Waals surface area contributed by atoms with Crippen LogP contribution >= 0.6 is 15.9 Å². The molecule has 2 unspecified atom stereocenters. The zero-order chi connectivity index (χ0) is 13.1. The molecule has 0 bridgehead atoms. The Balaban J connectivity index is 1.93. The molecule has 1 aromatic rings. The van der Waals surface area contributed by atoms with Gasteiger partial charge in [0.15, 0.2) is 0 Å². The fraction of sp³-hybridized carbons (Fsp3) is 0.625. The van der Waals surface area contributed by atoms with Crippen LogP contribution in [0, 0.1) is 5.92 Å². The number of fused-ring (bicyclic) bond motifs is 1. The van der Waals surface area contributed by atoms with Crippen LogP contribution < -0.4 is 5.32 Å². The summed E-state index contributed by atoms with van der Waals surface area (Å²) in [6.07, 6.45) is 4.93. The summed E-state index contributed by atoms with van der Waals surface area (Å²) in [5.41, 5.74) is 3.05. The second-order valence-corrected chi connectivity index (χ2v) is 6.97. The van der Waals surface area contributed by atoms with Crippen LogP contribution in [0.3, 0.4) is 0 Å². The maximum absolute atomic E-state index is 3.79. The molecule has 0 aliphatic heterocycles. The predicted octanol–water partition coefficient (Wildman–Crippen LogP) is 4.33. The molecule has 0 saturated carbocycles. The third kappa shape index (κ3) is 3.83. The molecule has 0 heterocycles. The summed E-state index contributed by atoms with van der Waals surface area (Å²) >= 11 is 3.56. The van der Waals surface area contributed by atoms with Gasteiger partial charge in [0.1, 0.15) is 0 Å². The van der Waals surface area contributed by atoms with Gasteiger partial charge >= 0.3 is 0 Å². The van der Waals surface area contributed by atoms with E-state index in [4.69, 9.17) is 0 Å². The Morgan fingerprint density at radius 1 is 1.28 bits per heavy atom. The van der Waals surface area contributed by atoms with Crippen molar-refractivity contribution < 1.29 is 0 Å². The van der Waals surface area contributed by atoms with E-state index in [-0.39, 0.29) is 0 Å². The van der Waals surface area contributed by atoms with Crippen LogP contribution in [-0.4, -0.2) is 12.1 Å². The standard InChI is InChI=1S/C16H24BrN/c1-11(2)8-12(3)18-16-7-5-13-9-15(17)6-4-14(13)10-16/h4,6,9,11-12,16,18H,5,7-8,10H2,1-3H3. The normalized spacial score (nSPS) is 20.8. The van der Waals surface area contributed by atoms with Crippen LogP contribution in [0.5, 0.6) is 0 Å². The van der Waals surface area contributed by atoms with E-state index in [2.05, 4.69) is 60.2 Å². The lowest BCUT2D eigenvalue weighted by atomic mass is 9.87. The molecule has 1 aromatic carbocycles. The van der Waals surface area contributed by atoms with E-state index in [1.165, 1.54) is 41.3 Å². The lowest BCUT2D eigenvalue weighted by Gasteiger charge is -2.29. The summed E-state index contributed by atoms with van der Waals surface area (Å²) in [6.45, 7) is 6.91. The van der Waals surface area contributed by atoms with Crippen molar-refractivity contribution in [1.82, 2.24) is 5.32 Å². The van der Waals surface area contributed by atoms with Crippen molar-refractivity contribution in [2.45, 2.75) is 58.5 Å². The van der Waals surface area contributed by atoms with Crippen molar-refractivity contribution in [1.29, 1.82) is 0 Å². The van der Waals surface area contributed by atoms with Crippen LogP contribution in [0.1, 0.15) is 44.7 Å². The quantitative estimate of drug-likeness (QED) is 0.873.